The van der Waals surface area contributed by atoms with Crippen LogP contribution in [0.15, 0.2) is 24.3 Å². The Labute approximate surface area is 123 Å². The molecule has 0 aromatic heterocycles. The normalized spacial score (nSPS) is 21.9. The van der Waals surface area contributed by atoms with Gasteiger partial charge in [-0.05, 0) is 50.5 Å². The maximum atomic E-state index is 5.74. The van der Waals surface area contributed by atoms with Crippen LogP contribution in [0, 0.1) is 0 Å². The first-order chi connectivity index (χ1) is 9.74. The van der Waals surface area contributed by atoms with Crippen LogP contribution in [-0.4, -0.2) is 49.1 Å². The topological polar surface area (TPSA) is 32.5 Å². The van der Waals surface area contributed by atoms with E-state index < -0.39 is 0 Å². The summed E-state index contributed by atoms with van der Waals surface area (Å²) in [5, 5.41) is 0. The van der Waals surface area contributed by atoms with Crippen molar-refractivity contribution >= 4 is 0 Å². The van der Waals surface area contributed by atoms with E-state index in [1.54, 1.807) is 0 Å². The molecule has 1 fully saturated rings. The van der Waals surface area contributed by atoms with Crippen molar-refractivity contribution in [3.63, 3.8) is 0 Å². The molecule has 1 atom stereocenters. The van der Waals surface area contributed by atoms with Gasteiger partial charge in [-0.25, -0.2) is 0 Å². The Balaban J connectivity index is 2.10. The molecule has 0 aliphatic carbocycles. The maximum Gasteiger partial charge on any atom is 0.0239 e. The molecule has 0 bridgehead atoms. The third-order valence-corrected chi connectivity index (χ3v) is 4.40. The van der Waals surface area contributed by atoms with E-state index in [0.717, 1.165) is 19.5 Å². The predicted octanol–water partition coefficient (Wildman–Crippen LogP) is 2.10. The summed E-state index contributed by atoms with van der Waals surface area (Å²) in [4.78, 5) is 5.14. The van der Waals surface area contributed by atoms with Crippen molar-refractivity contribution in [3.05, 3.63) is 35.4 Å². The average molecular weight is 275 g/mol. The summed E-state index contributed by atoms with van der Waals surface area (Å²) in [5.74, 6) is 0. The summed E-state index contributed by atoms with van der Waals surface area (Å²) < 4.78 is 0. The molecular formula is C17H29N3. The number of nitrogens with zero attached hydrogens (tertiary/aromatic N) is 2. The van der Waals surface area contributed by atoms with E-state index in [4.69, 9.17) is 5.73 Å². The van der Waals surface area contributed by atoms with E-state index in [0.29, 0.717) is 6.04 Å². The lowest BCUT2D eigenvalue weighted by Gasteiger charge is -2.30. The quantitative estimate of drug-likeness (QED) is 0.893. The van der Waals surface area contributed by atoms with Crippen LogP contribution in [0.2, 0.25) is 0 Å². The van der Waals surface area contributed by atoms with Gasteiger partial charge in [-0.3, -0.25) is 4.90 Å². The van der Waals surface area contributed by atoms with Crippen LogP contribution in [0.25, 0.3) is 0 Å². The van der Waals surface area contributed by atoms with Crippen molar-refractivity contribution in [2.75, 3.05) is 33.2 Å². The van der Waals surface area contributed by atoms with Gasteiger partial charge in [0.15, 0.2) is 0 Å². The van der Waals surface area contributed by atoms with E-state index in [-0.39, 0.29) is 0 Å². The van der Waals surface area contributed by atoms with Gasteiger partial charge in [0.2, 0.25) is 0 Å². The Morgan fingerprint density at radius 3 is 2.65 bits per heavy atom. The van der Waals surface area contributed by atoms with Crippen LogP contribution in [0.5, 0.6) is 0 Å². The van der Waals surface area contributed by atoms with Gasteiger partial charge < -0.3 is 10.6 Å². The van der Waals surface area contributed by atoms with Gasteiger partial charge in [0, 0.05) is 25.7 Å². The molecule has 3 nitrogen and oxygen atoms in total. The van der Waals surface area contributed by atoms with Gasteiger partial charge in [-0.1, -0.05) is 31.2 Å². The zero-order valence-corrected chi connectivity index (χ0v) is 13.0. The van der Waals surface area contributed by atoms with Crippen LogP contribution < -0.4 is 5.73 Å². The maximum absolute atomic E-state index is 5.74. The molecule has 1 unspecified atom stereocenters. The number of benzene rings is 1. The Kier molecular flexibility index (Phi) is 6.02. The Bertz CT molecular complexity index is 405. The summed E-state index contributed by atoms with van der Waals surface area (Å²) in [6.45, 7) is 7.73. The van der Waals surface area contributed by atoms with Gasteiger partial charge in [0.1, 0.15) is 0 Å². The minimum absolute atomic E-state index is 0.674. The lowest BCUT2D eigenvalue weighted by atomic mass is 10.0. The monoisotopic (exact) mass is 275 g/mol. The molecule has 0 spiro atoms. The van der Waals surface area contributed by atoms with Crippen LogP contribution >= 0.6 is 0 Å². The molecule has 2 rings (SSSR count). The zero-order valence-electron chi connectivity index (χ0n) is 13.0. The van der Waals surface area contributed by atoms with Gasteiger partial charge in [0.05, 0.1) is 0 Å². The minimum Gasteiger partial charge on any atom is -0.330 e. The molecule has 0 radical (unpaired) electrons. The molecule has 0 saturated carbocycles. The summed E-state index contributed by atoms with van der Waals surface area (Å²) in [6.07, 6.45) is 3.48. The zero-order chi connectivity index (χ0) is 14.4. The standard InChI is InChI=1S/C17H29N3/c1-3-17-14-19(2)11-6-12-20(17)13-16-8-5-4-7-15(16)9-10-18/h4-5,7-8,17H,3,6,9-14,18H2,1-2H3. The second-order valence-corrected chi connectivity index (χ2v) is 5.96. The van der Waals surface area contributed by atoms with Crippen molar-refractivity contribution in [3.8, 4) is 0 Å². The summed E-state index contributed by atoms with van der Waals surface area (Å²) in [5.41, 5.74) is 8.62. The summed E-state index contributed by atoms with van der Waals surface area (Å²) in [7, 11) is 2.24. The highest BCUT2D eigenvalue weighted by Crippen LogP contribution is 2.18. The number of nitrogens with two attached hydrogens (primary N) is 1. The summed E-state index contributed by atoms with van der Waals surface area (Å²) in [6, 6.07) is 9.45. The van der Waals surface area contributed by atoms with Gasteiger partial charge in [0.25, 0.3) is 0 Å². The number of likely N-dealkylation sites (N-methyl/N-ethyl adjacent to an activating group) is 1. The van der Waals surface area contributed by atoms with Crippen LogP contribution in [0.4, 0.5) is 0 Å². The summed E-state index contributed by atoms with van der Waals surface area (Å²) >= 11 is 0. The fourth-order valence-electron chi connectivity index (χ4n) is 3.22. The Morgan fingerprint density at radius 2 is 1.95 bits per heavy atom. The molecule has 1 heterocycles. The second kappa shape index (κ2) is 7.77. The smallest absolute Gasteiger partial charge is 0.0239 e. The molecule has 0 amide bonds. The molecule has 3 heteroatoms. The number of hydrogen-bond donors (Lipinski definition) is 1. The second-order valence-electron chi connectivity index (χ2n) is 5.96. The van der Waals surface area contributed by atoms with Crippen molar-refractivity contribution < 1.29 is 0 Å². The highest BCUT2D eigenvalue weighted by atomic mass is 15.2. The third-order valence-electron chi connectivity index (χ3n) is 4.40. The van der Waals surface area contributed by atoms with E-state index in [9.17, 15) is 0 Å². The van der Waals surface area contributed by atoms with Crippen molar-refractivity contribution in [1.29, 1.82) is 0 Å². The Morgan fingerprint density at radius 1 is 1.20 bits per heavy atom. The fraction of sp³-hybridized carbons (Fsp3) is 0.647. The molecular weight excluding hydrogens is 246 g/mol. The van der Waals surface area contributed by atoms with Crippen molar-refractivity contribution in [2.24, 2.45) is 5.73 Å². The first-order valence-corrected chi connectivity index (χ1v) is 7.94. The number of hydrogen-bond acceptors (Lipinski definition) is 3. The average Bonchev–Trinajstić information content (AvgIpc) is 2.63. The molecule has 1 aliphatic heterocycles. The van der Waals surface area contributed by atoms with Gasteiger partial charge in [-0.15, -0.1) is 0 Å². The number of rotatable bonds is 5. The molecule has 20 heavy (non-hydrogen) atoms. The van der Waals surface area contributed by atoms with Crippen LogP contribution in [0.1, 0.15) is 30.9 Å². The molecule has 2 N–H and O–H groups in total. The molecule has 1 aromatic rings. The predicted molar refractivity (Wildman–Crippen MR) is 85.8 cm³/mol. The molecule has 1 saturated heterocycles. The van der Waals surface area contributed by atoms with Crippen molar-refractivity contribution in [2.45, 2.75) is 38.8 Å². The SMILES string of the molecule is CCC1CN(C)CCCN1Cc1ccccc1CCN. The molecule has 112 valence electrons. The lowest BCUT2D eigenvalue weighted by molar-refractivity contribution is 0.175. The van der Waals surface area contributed by atoms with Gasteiger partial charge in [-0.2, -0.15) is 0 Å². The Hall–Kier alpha value is -0.900. The largest absolute Gasteiger partial charge is 0.330 e. The highest BCUT2D eigenvalue weighted by molar-refractivity contribution is 5.27. The van der Waals surface area contributed by atoms with E-state index in [1.165, 1.54) is 43.6 Å². The first-order valence-electron chi connectivity index (χ1n) is 7.94. The van der Waals surface area contributed by atoms with E-state index in [2.05, 4.69) is 48.0 Å². The molecule has 1 aromatic carbocycles. The van der Waals surface area contributed by atoms with Crippen LogP contribution in [0.3, 0.4) is 0 Å². The highest BCUT2D eigenvalue weighted by Gasteiger charge is 2.22. The van der Waals surface area contributed by atoms with Gasteiger partial charge >= 0.3 is 0 Å². The molecule has 1 aliphatic rings. The van der Waals surface area contributed by atoms with E-state index >= 15 is 0 Å². The fourth-order valence-corrected chi connectivity index (χ4v) is 3.22. The van der Waals surface area contributed by atoms with E-state index in [1.807, 2.05) is 0 Å². The van der Waals surface area contributed by atoms with Crippen LogP contribution in [-0.2, 0) is 13.0 Å². The third kappa shape index (κ3) is 4.05. The first kappa shape index (κ1) is 15.5. The van der Waals surface area contributed by atoms with Crippen molar-refractivity contribution in [1.82, 2.24) is 9.80 Å². The minimum atomic E-state index is 0.674. The lowest BCUT2D eigenvalue weighted by Crippen LogP contribution is -2.39.